The Morgan fingerprint density at radius 1 is 1.05 bits per heavy atom. The number of hydrogen-bond acceptors (Lipinski definition) is 5. The van der Waals surface area contributed by atoms with Crippen LogP contribution >= 0.6 is 11.6 Å². The average Bonchev–Trinajstić information content (AvgIpc) is 3.21. The second kappa shape index (κ2) is 11.8. The summed E-state index contributed by atoms with van der Waals surface area (Å²) in [4.78, 5) is 25.2. The van der Waals surface area contributed by atoms with Crippen LogP contribution in [-0.2, 0) is 17.8 Å². The molecule has 0 aliphatic carbocycles. The van der Waals surface area contributed by atoms with Gasteiger partial charge in [-0.3, -0.25) is 4.57 Å². The van der Waals surface area contributed by atoms with E-state index in [0.717, 1.165) is 18.4 Å². The van der Waals surface area contributed by atoms with E-state index in [4.69, 9.17) is 21.1 Å². The lowest BCUT2D eigenvalue weighted by Gasteiger charge is -2.16. The fraction of sp³-hybridized carbons (Fsp3) is 0.250. The van der Waals surface area contributed by atoms with Gasteiger partial charge in [-0.15, -0.1) is 5.10 Å². The fourth-order valence-corrected chi connectivity index (χ4v) is 4.19. The number of rotatable bonds is 11. The van der Waals surface area contributed by atoms with Crippen LogP contribution < -0.4 is 15.2 Å². The predicted molar refractivity (Wildman–Crippen MR) is 141 cm³/mol. The normalized spacial score (nSPS) is 11.8. The number of aromatic nitrogens is 3. The van der Waals surface area contributed by atoms with Gasteiger partial charge in [0.05, 0.1) is 24.4 Å². The monoisotopic (exact) mass is 521 g/mol. The topological polar surface area (TPSA) is 95.6 Å². The van der Waals surface area contributed by atoms with Gasteiger partial charge in [0.15, 0.2) is 0 Å². The van der Waals surface area contributed by atoms with Gasteiger partial charge in [-0.2, -0.15) is 4.68 Å². The highest BCUT2D eigenvalue weighted by Crippen LogP contribution is 2.25. The Morgan fingerprint density at radius 3 is 2.38 bits per heavy atom. The third-order valence-electron chi connectivity index (χ3n) is 5.92. The lowest BCUT2D eigenvalue weighted by Crippen LogP contribution is -2.25. The Hall–Kier alpha value is -4.04. The molecule has 0 radical (unpaired) electrons. The van der Waals surface area contributed by atoms with Crippen LogP contribution in [0.15, 0.2) is 77.6 Å². The van der Waals surface area contributed by atoms with Crippen molar-refractivity contribution in [1.29, 1.82) is 0 Å². The Kier molecular flexibility index (Phi) is 8.30. The number of unbranched alkanes of at least 4 members (excludes halogenated alkanes) is 1. The molecule has 1 unspecified atom stereocenters. The highest BCUT2D eigenvalue weighted by Gasteiger charge is 2.22. The molecule has 1 heterocycles. The summed E-state index contributed by atoms with van der Waals surface area (Å²) < 4.78 is 13.9. The van der Waals surface area contributed by atoms with E-state index in [1.807, 2.05) is 18.2 Å². The lowest BCUT2D eigenvalue weighted by molar-refractivity contribution is -0.145. The second-order valence-corrected chi connectivity index (χ2v) is 8.92. The van der Waals surface area contributed by atoms with Gasteiger partial charge in [-0.05, 0) is 36.2 Å². The van der Waals surface area contributed by atoms with Gasteiger partial charge >= 0.3 is 11.7 Å². The van der Waals surface area contributed by atoms with E-state index in [0.29, 0.717) is 46.6 Å². The number of halogens is 1. The maximum atomic E-state index is 13.4. The van der Waals surface area contributed by atoms with Crippen molar-refractivity contribution in [3.63, 3.8) is 0 Å². The molecule has 4 rings (SSSR count). The molecule has 0 saturated heterocycles. The predicted octanol–water partition coefficient (Wildman–Crippen LogP) is 5.29. The zero-order valence-electron chi connectivity index (χ0n) is 20.6. The minimum atomic E-state index is -1.12. The third-order valence-corrected chi connectivity index (χ3v) is 6.22. The van der Waals surface area contributed by atoms with Crippen LogP contribution in [0.5, 0.6) is 11.5 Å². The Morgan fingerprint density at radius 2 is 1.76 bits per heavy atom. The standard InChI is InChI=1S/C28H28ClN3O5/c1-3-4-10-25-30-32(24-16-15-22(36-2)17-23(24)29)28(35)31(25)18-19-11-13-21(14-12-19)37-26(27(33)34)20-8-6-5-7-9-20/h5-9,11-17,26H,3-4,10,18H2,1-2H3,(H,33,34). The maximum absolute atomic E-state index is 13.4. The van der Waals surface area contributed by atoms with Crippen LogP contribution in [0, 0.1) is 0 Å². The first kappa shape index (κ1) is 26.0. The van der Waals surface area contributed by atoms with E-state index >= 15 is 0 Å². The first-order chi connectivity index (χ1) is 17.9. The number of methoxy groups -OCH3 is 1. The summed E-state index contributed by atoms with van der Waals surface area (Å²) in [5.74, 6) is 0.590. The second-order valence-electron chi connectivity index (χ2n) is 8.51. The minimum absolute atomic E-state index is 0.298. The number of benzene rings is 3. The summed E-state index contributed by atoms with van der Waals surface area (Å²) in [6, 6.07) is 20.9. The van der Waals surface area contributed by atoms with E-state index in [2.05, 4.69) is 12.0 Å². The summed E-state index contributed by atoms with van der Waals surface area (Å²) in [7, 11) is 1.55. The molecule has 4 aromatic rings. The summed E-state index contributed by atoms with van der Waals surface area (Å²) in [6.45, 7) is 2.38. The van der Waals surface area contributed by atoms with Crippen LogP contribution in [0.25, 0.3) is 5.69 Å². The van der Waals surface area contributed by atoms with Crippen molar-refractivity contribution < 1.29 is 19.4 Å². The van der Waals surface area contributed by atoms with Crippen LogP contribution in [-0.4, -0.2) is 32.5 Å². The molecule has 9 heteroatoms. The molecule has 1 aromatic heterocycles. The molecule has 0 aliphatic rings. The molecule has 0 aliphatic heterocycles. The van der Waals surface area contributed by atoms with Crippen molar-refractivity contribution in [1.82, 2.24) is 14.3 Å². The molecule has 0 amide bonds. The highest BCUT2D eigenvalue weighted by molar-refractivity contribution is 6.32. The van der Waals surface area contributed by atoms with Crippen molar-refractivity contribution in [3.05, 3.63) is 105 Å². The van der Waals surface area contributed by atoms with Gasteiger partial charge in [0.2, 0.25) is 6.10 Å². The molecular weight excluding hydrogens is 494 g/mol. The van der Waals surface area contributed by atoms with E-state index in [1.165, 1.54) is 4.68 Å². The van der Waals surface area contributed by atoms with E-state index in [9.17, 15) is 14.7 Å². The number of carboxylic acid groups (broad SMARTS) is 1. The number of aryl methyl sites for hydroxylation is 1. The SMILES string of the molecule is CCCCc1nn(-c2ccc(OC)cc2Cl)c(=O)n1Cc1ccc(OC(C(=O)O)c2ccccc2)cc1. The number of carbonyl (C=O) groups is 1. The number of nitrogens with zero attached hydrogens (tertiary/aromatic N) is 3. The summed E-state index contributed by atoms with van der Waals surface area (Å²) in [5.41, 5.74) is 1.58. The minimum Gasteiger partial charge on any atom is -0.497 e. The van der Waals surface area contributed by atoms with Gasteiger partial charge < -0.3 is 14.6 Å². The Balaban J connectivity index is 1.60. The summed E-state index contributed by atoms with van der Waals surface area (Å²) >= 11 is 6.42. The van der Waals surface area contributed by atoms with Crippen molar-refractivity contribution >= 4 is 17.6 Å². The lowest BCUT2D eigenvalue weighted by atomic mass is 10.1. The molecular formula is C28H28ClN3O5. The van der Waals surface area contributed by atoms with Crippen LogP contribution in [0.1, 0.15) is 42.8 Å². The van der Waals surface area contributed by atoms with E-state index in [1.54, 1.807) is 66.3 Å². The molecule has 0 saturated carbocycles. The van der Waals surface area contributed by atoms with Crippen molar-refractivity contribution in [3.8, 4) is 17.2 Å². The highest BCUT2D eigenvalue weighted by atomic mass is 35.5. The summed E-state index contributed by atoms with van der Waals surface area (Å²) in [5, 5.41) is 14.6. The van der Waals surface area contributed by atoms with Gasteiger partial charge in [0, 0.05) is 18.1 Å². The van der Waals surface area contributed by atoms with Crippen molar-refractivity contribution in [2.45, 2.75) is 38.8 Å². The number of ether oxygens (including phenoxy) is 2. The number of hydrogen-bond donors (Lipinski definition) is 1. The zero-order chi connectivity index (χ0) is 26.4. The quantitative estimate of drug-likeness (QED) is 0.288. The van der Waals surface area contributed by atoms with Gasteiger partial charge in [-0.25, -0.2) is 9.59 Å². The molecule has 192 valence electrons. The molecule has 1 atom stereocenters. The Bertz CT molecular complexity index is 1410. The molecule has 37 heavy (non-hydrogen) atoms. The van der Waals surface area contributed by atoms with Crippen LogP contribution in [0.4, 0.5) is 0 Å². The van der Waals surface area contributed by atoms with E-state index in [-0.39, 0.29) is 5.69 Å². The average molecular weight is 522 g/mol. The van der Waals surface area contributed by atoms with E-state index < -0.39 is 12.1 Å². The molecule has 8 nitrogen and oxygen atoms in total. The number of carboxylic acids is 1. The zero-order valence-corrected chi connectivity index (χ0v) is 21.4. The van der Waals surface area contributed by atoms with Gasteiger partial charge in [-0.1, -0.05) is 67.4 Å². The van der Waals surface area contributed by atoms with Crippen LogP contribution in [0.2, 0.25) is 5.02 Å². The Labute approximate surface area is 219 Å². The maximum Gasteiger partial charge on any atom is 0.351 e. The number of aliphatic carboxylic acids is 1. The first-order valence-electron chi connectivity index (χ1n) is 12.0. The van der Waals surface area contributed by atoms with Gasteiger partial charge in [0.1, 0.15) is 17.3 Å². The van der Waals surface area contributed by atoms with Gasteiger partial charge in [0.25, 0.3) is 0 Å². The molecule has 3 aromatic carbocycles. The fourth-order valence-electron chi connectivity index (χ4n) is 3.94. The molecule has 0 spiro atoms. The molecule has 0 fully saturated rings. The largest absolute Gasteiger partial charge is 0.497 e. The van der Waals surface area contributed by atoms with Crippen LogP contribution in [0.3, 0.4) is 0 Å². The van der Waals surface area contributed by atoms with Crippen molar-refractivity contribution in [2.24, 2.45) is 0 Å². The summed E-state index contributed by atoms with van der Waals surface area (Å²) in [6.07, 6.45) is 1.37. The third kappa shape index (κ3) is 6.03. The molecule has 0 bridgehead atoms. The first-order valence-corrected chi connectivity index (χ1v) is 12.3. The van der Waals surface area contributed by atoms with Crippen molar-refractivity contribution in [2.75, 3.05) is 7.11 Å². The molecule has 1 N–H and O–H groups in total. The smallest absolute Gasteiger partial charge is 0.351 e.